The summed E-state index contributed by atoms with van der Waals surface area (Å²) < 4.78 is 4.81. The molecule has 7 nitrogen and oxygen atoms in total. The third-order valence-electron chi connectivity index (χ3n) is 3.48. The summed E-state index contributed by atoms with van der Waals surface area (Å²) in [4.78, 5) is 47.1. The molecule has 2 N–H and O–H groups in total. The summed E-state index contributed by atoms with van der Waals surface area (Å²) in [5.41, 5.74) is 0.584. The highest BCUT2D eigenvalue weighted by atomic mass is 35.5. The van der Waals surface area contributed by atoms with E-state index in [1.807, 2.05) is 0 Å². The van der Waals surface area contributed by atoms with Gasteiger partial charge in [0.2, 0.25) is 5.91 Å². The van der Waals surface area contributed by atoms with Gasteiger partial charge in [-0.25, -0.2) is 0 Å². The number of carbonyl (C=O) groups is 4. The highest BCUT2D eigenvalue weighted by molar-refractivity contribution is 6.36. The third-order valence-corrected chi connectivity index (χ3v) is 4.02. The predicted molar refractivity (Wildman–Crippen MR) is 104 cm³/mol. The van der Waals surface area contributed by atoms with Crippen molar-refractivity contribution >= 4 is 46.8 Å². The molecule has 0 fully saturated rings. The Morgan fingerprint density at radius 2 is 1.61 bits per heavy atom. The SMILES string of the molecule is O=C(CNC(=O)c1ccc(Cl)cc1Cl)NCC(=O)OCC(=O)c1ccccc1. The minimum absolute atomic E-state index is 0.150. The predicted octanol–water partition coefficient (Wildman–Crippen LogP) is 2.27. The molecule has 0 unspecified atom stereocenters. The Hall–Kier alpha value is -2.90. The lowest BCUT2D eigenvalue weighted by atomic mass is 10.1. The maximum Gasteiger partial charge on any atom is 0.325 e. The first-order valence-corrected chi connectivity index (χ1v) is 8.86. The van der Waals surface area contributed by atoms with E-state index in [1.54, 1.807) is 30.3 Å². The van der Waals surface area contributed by atoms with Crippen molar-refractivity contribution in [3.63, 3.8) is 0 Å². The van der Waals surface area contributed by atoms with Crippen LogP contribution >= 0.6 is 23.2 Å². The number of Topliss-reactive ketones (excluding diaryl/α,β-unsaturated/α-hetero) is 1. The monoisotopic (exact) mass is 422 g/mol. The molecule has 0 saturated heterocycles. The van der Waals surface area contributed by atoms with E-state index >= 15 is 0 Å². The molecule has 0 radical (unpaired) electrons. The quantitative estimate of drug-likeness (QED) is 0.501. The maximum atomic E-state index is 12.0. The molecule has 0 saturated carbocycles. The minimum atomic E-state index is -0.773. The summed E-state index contributed by atoms with van der Waals surface area (Å²) >= 11 is 11.7. The van der Waals surface area contributed by atoms with E-state index in [1.165, 1.54) is 18.2 Å². The number of nitrogens with one attached hydrogen (secondary N) is 2. The van der Waals surface area contributed by atoms with E-state index in [0.717, 1.165) is 0 Å². The number of benzene rings is 2. The van der Waals surface area contributed by atoms with Crippen molar-refractivity contribution in [3.8, 4) is 0 Å². The molecule has 0 bridgehead atoms. The molecule has 9 heteroatoms. The molecule has 0 atom stereocenters. The molecule has 0 aliphatic carbocycles. The second-order valence-corrected chi connectivity index (χ2v) is 6.38. The molecular formula is C19H16Cl2N2O5. The van der Waals surface area contributed by atoms with E-state index in [9.17, 15) is 19.2 Å². The number of hydrogen-bond donors (Lipinski definition) is 2. The zero-order valence-electron chi connectivity index (χ0n) is 14.5. The lowest BCUT2D eigenvalue weighted by Crippen LogP contribution is -2.39. The molecule has 0 spiro atoms. The van der Waals surface area contributed by atoms with E-state index in [2.05, 4.69) is 10.6 Å². The molecule has 2 aromatic rings. The number of rotatable bonds is 8. The molecule has 0 aromatic heterocycles. The first-order chi connectivity index (χ1) is 13.4. The summed E-state index contributed by atoms with van der Waals surface area (Å²) in [6.45, 7) is -1.23. The summed E-state index contributed by atoms with van der Waals surface area (Å²) in [6, 6.07) is 12.7. The average molecular weight is 423 g/mol. The van der Waals surface area contributed by atoms with Crippen LogP contribution in [0.3, 0.4) is 0 Å². The fourth-order valence-electron chi connectivity index (χ4n) is 2.07. The molecule has 0 aliphatic heterocycles. The number of ketones is 1. The van der Waals surface area contributed by atoms with Crippen LogP contribution in [-0.4, -0.2) is 43.3 Å². The van der Waals surface area contributed by atoms with Crippen molar-refractivity contribution in [1.82, 2.24) is 10.6 Å². The number of halogens is 2. The second-order valence-electron chi connectivity index (χ2n) is 5.53. The number of ether oxygens (including phenoxy) is 1. The Morgan fingerprint density at radius 1 is 0.893 bits per heavy atom. The molecule has 28 heavy (non-hydrogen) atoms. The third kappa shape index (κ3) is 6.68. The summed E-state index contributed by atoms with van der Waals surface area (Å²) in [7, 11) is 0. The average Bonchev–Trinajstić information content (AvgIpc) is 2.69. The van der Waals surface area contributed by atoms with Crippen LogP contribution in [0.25, 0.3) is 0 Å². The van der Waals surface area contributed by atoms with Gasteiger partial charge in [-0.05, 0) is 18.2 Å². The van der Waals surface area contributed by atoms with Gasteiger partial charge in [-0.15, -0.1) is 0 Å². The standard InChI is InChI=1S/C19H16Cl2N2O5/c20-13-6-7-14(15(21)8-13)19(27)23-9-17(25)22-10-18(26)28-11-16(24)12-4-2-1-3-5-12/h1-8H,9-11H2,(H,22,25)(H,23,27). The van der Waals surface area contributed by atoms with E-state index in [4.69, 9.17) is 27.9 Å². The van der Waals surface area contributed by atoms with Crippen LogP contribution in [0.15, 0.2) is 48.5 Å². The molecule has 2 amide bonds. The number of hydrogen-bond acceptors (Lipinski definition) is 5. The van der Waals surface area contributed by atoms with Gasteiger partial charge >= 0.3 is 5.97 Å². The number of amides is 2. The van der Waals surface area contributed by atoms with Crippen LogP contribution in [0.1, 0.15) is 20.7 Å². The Balaban J connectivity index is 1.69. The van der Waals surface area contributed by atoms with Gasteiger partial charge in [0.15, 0.2) is 12.4 Å². The molecule has 2 aromatic carbocycles. The Kier molecular flexibility index (Phi) is 7.98. The van der Waals surface area contributed by atoms with Gasteiger partial charge in [-0.1, -0.05) is 53.5 Å². The second kappa shape index (κ2) is 10.4. The van der Waals surface area contributed by atoms with Crippen molar-refractivity contribution in [2.75, 3.05) is 19.7 Å². The van der Waals surface area contributed by atoms with E-state index < -0.39 is 30.9 Å². The molecular weight excluding hydrogens is 407 g/mol. The zero-order chi connectivity index (χ0) is 20.5. The Morgan fingerprint density at radius 3 is 2.29 bits per heavy atom. The van der Waals surface area contributed by atoms with Crippen LogP contribution in [0.2, 0.25) is 10.0 Å². The van der Waals surface area contributed by atoms with Crippen molar-refractivity contribution in [3.05, 3.63) is 69.7 Å². The lowest BCUT2D eigenvalue weighted by Gasteiger charge is -2.08. The van der Waals surface area contributed by atoms with Crippen LogP contribution in [0.5, 0.6) is 0 Å². The zero-order valence-corrected chi connectivity index (χ0v) is 16.0. The molecule has 0 aliphatic rings. The summed E-state index contributed by atoms with van der Waals surface area (Å²) in [6.07, 6.45) is 0. The molecule has 0 heterocycles. The normalized spacial score (nSPS) is 10.1. The maximum absolute atomic E-state index is 12.0. The highest BCUT2D eigenvalue weighted by Gasteiger charge is 2.14. The van der Waals surface area contributed by atoms with Crippen LogP contribution in [0.4, 0.5) is 0 Å². The van der Waals surface area contributed by atoms with Crippen molar-refractivity contribution in [2.45, 2.75) is 0 Å². The van der Waals surface area contributed by atoms with E-state index in [-0.39, 0.29) is 22.9 Å². The molecule has 2 rings (SSSR count). The Labute approximate surface area is 171 Å². The molecule has 146 valence electrons. The van der Waals surface area contributed by atoms with Crippen LogP contribution < -0.4 is 10.6 Å². The van der Waals surface area contributed by atoms with Crippen LogP contribution in [0, 0.1) is 0 Å². The highest BCUT2D eigenvalue weighted by Crippen LogP contribution is 2.20. The fraction of sp³-hybridized carbons (Fsp3) is 0.158. The van der Waals surface area contributed by atoms with Gasteiger partial charge < -0.3 is 15.4 Å². The number of esters is 1. The minimum Gasteiger partial charge on any atom is -0.456 e. The van der Waals surface area contributed by atoms with Crippen LogP contribution in [-0.2, 0) is 14.3 Å². The Bertz CT molecular complexity index is 887. The summed E-state index contributed by atoms with van der Waals surface area (Å²) in [5, 5.41) is 5.18. The first-order valence-electron chi connectivity index (χ1n) is 8.10. The van der Waals surface area contributed by atoms with Gasteiger partial charge in [0.05, 0.1) is 17.1 Å². The topological polar surface area (TPSA) is 102 Å². The van der Waals surface area contributed by atoms with Gasteiger partial charge in [0, 0.05) is 10.6 Å². The smallest absolute Gasteiger partial charge is 0.325 e. The van der Waals surface area contributed by atoms with Gasteiger partial charge in [0.1, 0.15) is 6.54 Å². The largest absolute Gasteiger partial charge is 0.456 e. The van der Waals surface area contributed by atoms with Crippen molar-refractivity contribution in [2.24, 2.45) is 0 Å². The lowest BCUT2D eigenvalue weighted by molar-refractivity contribution is -0.142. The summed E-state index contributed by atoms with van der Waals surface area (Å²) in [5.74, 6) is -2.30. The van der Waals surface area contributed by atoms with Gasteiger partial charge in [-0.3, -0.25) is 19.2 Å². The van der Waals surface area contributed by atoms with Gasteiger partial charge in [-0.2, -0.15) is 0 Å². The number of carbonyl (C=O) groups excluding carboxylic acids is 4. The van der Waals surface area contributed by atoms with Gasteiger partial charge in [0.25, 0.3) is 5.91 Å². The van der Waals surface area contributed by atoms with E-state index in [0.29, 0.717) is 10.6 Å². The van der Waals surface area contributed by atoms with Crippen molar-refractivity contribution in [1.29, 1.82) is 0 Å². The fourth-order valence-corrected chi connectivity index (χ4v) is 2.56. The first kappa shape index (κ1) is 21.4. The van der Waals surface area contributed by atoms with Crippen molar-refractivity contribution < 1.29 is 23.9 Å².